The summed E-state index contributed by atoms with van der Waals surface area (Å²) in [4.78, 5) is 40.4. The SMILES string of the molecule is CCn1c(CCCN(C)C)nc2sc(N3CCC[C@@H]3C(=O)NCc3ccccc3)nc2c1=O. The maximum Gasteiger partial charge on any atom is 0.281 e. The number of amides is 1. The lowest BCUT2D eigenvalue weighted by Crippen LogP contribution is -2.43. The molecule has 0 radical (unpaired) electrons. The zero-order valence-corrected chi connectivity index (χ0v) is 20.4. The van der Waals surface area contributed by atoms with Crippen molar-refractivity contribution in [1.29, 1.82) is 0 Å². The monoisotopic (exact) mass is 468 g/mol. The van der Waals surface area contributed by atoms with Crippen molar-refractivity contribution >= 4 is 32.7 Å². The van der Waals surface area contributed by atoms with Crippen LogP contribution in [-0.2, 0) is 24.3 Å². The number of rotatable bonds is 9. The van der Waals surface area contributed by atoms with Gasteiger partial charge < -0.3 is 15.1 Å². The minimum atomic E-state index is -0.276. The van der Waals surface area contributed by atoms with Crippen LogP contribution in [0, 0.1) is 0 Å². The summed E-state index contributed by atoms with van der Waals surface area (Å²) in [6.07, 6.45) is 3.38. The van der Waals surface area contributed by atoms with Crippen LogP contribution in [-0.4, -0.2) is 58.6 Å². The Balaban J connectivity index is 1.55. The second-order valence-electron chi connectivity index (χ2n) is 8.69. The fraction of sp³-hybridized carbons (Fsp3) is 0.500. The van der Waals surface area contributed by atoms with Crippen LogP contribution in [0.2, 0.25) is 0 Å². The molecule has 0 unspecified atom stereocenters. The zero-order valence-electron chi connectivity index (χ0n) is 19.6. The molecule has 0 bridgehead atoms. The lowest BCUT2D eigenvalue weighted by molar-refractivity contribution is -0.122. The van der Waals surface area contributed by atoms with Crippen LogP contribution in [0.25, 0.3) is 10.3 Å². The molecular formula is C24H32N6O2S. The first-order chi connectivity index (χ1) is 16.0. The van der Waals surface area contributed by atoms with E-state index in [4.69, 9.17) is 4.98 Å². The number of hydrogen-bond acceptors (Lipinski definition) is 7. The summed E-state index contributed by atoms with van der Waals surface area (Å²) in [5.41, 5.74) is 1.39. The van der Waals surface area contributed by atoms with E-state index in [2.05, 4.69) is 15.2 Å². The Morgan fingerprint density at radius 3 is 2.76 bits per heavy atom. The summed E-state index contributed by atoms with van der Waals surface area (Å²) in [6.45, 7) is 4.73. The van der Waals surface area contributed by atoms with Crippen molar-refractivity contribution in [2.75, 3.05) is 32.1 Å². The molecule has 1 fully saturated rings. The van der Waals surface area contributed by atoms with E-state index in [9.17, 15) is 9.59 Å². The van der Waals surface area contributed by atoms with E-state index in [0.29, 0.717) is 28.6 Å². The number of thiazole rings is 1. The molecule has 1 N–H and O–H groups in total. The van der Waals surface area contributed by atoms with Gasteiger partial charge in [0.15, 0.2) is 15.5 Å². The maximum atomic E-state index is 13.1. The molecule has 0 saturated carbocycles. The predicted octanol–water partition coefficient (Wildman–Crippen LogP) is 2.65. The summed E-state index contributed by atoms with van der Waals surface area (Å²) in [5.74, 6) is 0.810. The van der Waals surface area contributed by atoms with Gasteiger partial charge in [-0.05, 0) is 52.4 Å². The molecule has 4 rings (SSSR count). The highest BCUT2D eigenvalue weighted by Crippen LogP contribution is 2.32. The molecule has 2 aromatic heterocycles. The van der Waals surface area contributed by atoms with Gasteiger partial charge in [-0.3, -0.25) is 14.2 Å². The minimum Gasteiger partial charge on any atom is -0.350 e. The Morgan fingerprint density at radius 2 is 2.03 bits per heavy atom. The average molecular weight is 469 g/mol. The quantitative estimate of drug-likeness (QED) is 0.520. The molecule has 176 valence electrons. The third kappa shape index (κ3) is 5.25. The number of aryl methyl sites for hydroxylation is 1. The summed E-state index contributed by atoms with van der Waals surface area (Å²) >= 11 is 1.42. The number of anilines is 1. The molecule has 1 atom stereocenters. The highest BCUT2D eigenvalue weighted by molar-refractivity contribution is 7.21. The third-order valence-electron chi connectivity index (χ3n) is 6.02. The first-order valence-electron chi connectivity index (χ1n) is 11.6. The Labute approximate surface area is 198 Å². The molecule has 3 heterocycles. The zero-order chi connectivity index (χ0) is 23.4. The third-order valence-corrected chi connectivity index (χ3v) is 7.01. The van der Waals surface area contributed by atoms with E-state index < -0.39 is 0 Å². The first kappa shape index (κ1) is 23.4. The molecule has 0 aliphatic carbocycles. The number of fused-ring (bicyclic) bond motifs is 1. The van der Waals surface area contributed by atoms with E-state index in [-0.39, 0.29) is 17.5 Å². The van der Waals surface area contributed by atoms with Gasteiger partial charge in [0.25, 0.3) is 5.56 Å². The fourth-order valence-corrected chi connectivity index (χ4v) is 5.33. The van der Waals surface area contributed by atoms with Gasteiger partial charge in [0, 0.05) is 26.1 Å². The largest absolute Gasteiger partial charge is 0.350 e. The molecular weight excluding hydrogens is 436 g/mol. The molecule has 0 spiro atoms. The predicted molar refractivity (Wildman–Crippen MR) is 133 cm³/mol. The van der Waals surface area contributed by atoms with Crippen LogP contribution in [0.4, 0.5) is 5.13 Å². The van der Waals surface area contributed by atoms with Crippen molar-refractivity contribution in [2.24, 2.45) is 0 Å². The minimum absolute atomic E-state index is 0.00101. The highest BCUT2D eigenvalue weighted by atomic mass is 32.1. The van der Waals surface area contributed by atoms with Crippen molar-refractivity contribution in [3.63, 3.8) is 0 Å². The number of hydrogen-bond donors (Lipinski definition) is 1. The highest BCUT2D eigenvalue weighted by Gasteiger charge is 2.33. The summed E-state index contributed by atoms with van der Waals surface area (Å²) < 4.78 is 1.73. The Kier molecular flexibility index (Phi) is 7.39. The van der Waals surface area contributed by atoms with Gasteiger partial charge in [-0.15, -0.1) is 0 Å². The number of aromatic nitrogens is 3. The Hall–Kier alpha value is -2.78. The average Bonchev–Trinajstić information content (AvgIpc) is 3.45. The van der Waals surface area contributed by atoms with Crippen molar-refractivity contribution in [1.82, 2.24) is 24.8 Å². The van der Waals surface area contributed by atoms with E-state index in [1.54, 1.807) is 4.57 Å². The summed E-state index contributed by atoms with van der Waals surface area (Å²) in [6, 6.07) is 9.62. The van der Waals surface area contributed by atoms with E-state index >= 15 is 0 Å². The van der Waals surface area contributed by atoms with Crippen LogP contribution < -0.4 is 15.8 Å². The van der Waals surface area contributed by atoms with Gasteiger partial charge >= 0.3 is 0 Å². The van der Waals surface area contributed by atoms with E-state index in [1.165, 1.54) is 11.3 Å². The van der Waals surface area contributed by atoms with Crippen molar-refractivity contribution in [2.45, 2.75) is 51.7 Å². The molecule has 3 aromatic rings. The van der Waals surface area contributed by atoms with Crippen molar-refractivity contribution in [3.05, 3.63) is 52.1 Å². The lowest BCUT2D eigenvalue weighted by atomic mass is 10.2. The van der Waals surface area contributed by atoms with Gasteiger partial charge in [-0.25, -0.2) is 9.97 Å². The van der Waals surface area contributed by atoms with Crippen LogP contribution in [0.1, 0.15) is 37.6 Å². The number of carbonyl (C=O) groups is 1. The fourth-order valence-electron chi connectivity index (χ4n) is 4.30. The molecule has 1 aliphatic rings. The van der Waals surface area contributed by atoms with Gasteiger partial charge in [0.05, 0.1) is 0 Å². The first-order valence-corrected chi connectivity index (χ1v) is 12.4. The number of nitrogens with zero attached hydrogens (tertiary/aromatic N) is 5. The lowest BCUT2D eigenvalue weighted by Gasteiger charge is -2.23. The summed E-state index contributed by atoms with van der Waals surface area (Å²) in [5, 5.41) is 3.76. The van der Waals surface area contributed by atoms with Gasteiger partial charge in [0.1, 0.15) is 11.9 Å². The number of nitrogens with one attached hydrogen (secondary N) is 1. The second kappa shape index (κ2) is 10.4. The van der Waals surface area contributed by atoms with Crippen LogP contribution in [0.3, 0.4) is 0 Å². The Bertz CT molecular complexity index is 1160. The van der Waals surface area contributed by atoms with E-state index in [1.807, 2.05) is 56.3 Å². The normalized spacial score (nSPS) is 16.1. The van der Waals surface area contributed by atoms with Crippen molar-refractivity contribution < 1.29 is 4.79 Å². The van der Waals surface area contributed by atoms with Crippen LogP contribution in [0.5, 0.6) is 0 Å². The molecule has 8 nitrogen and oxygen atoms in total. The molecule has 1 amide bonds. The van der Waals surface area contributed by atoms with E-state index in [0.717, 1.165) is 50.2 Å². The van der Waals surface area contributed by atoms with Crippen molar-refractivity contribution in [3.8, 4) is 0 Å². The van der Waals surface area contributed by atoms with Crippen LogP contribution in [0.15, 0.2) is 35.1 Å². The maximum absolute atomic E-state index is 13.1. The van der Waals surface area contributed by atoms with Gasteiger partial charge in [-0.1, -0.05) is 41.7 Å². The number of carbonyl (C=O) groups excluding carboxylic acids is 1. The van der Waals surface area contributed by atoms with Gasteiger partial charge in [-0.2, -0.15) is 0 Å². The molecule has 33 heavy (non-hydrogen) atoms. The topological polar surface area (TPSA) is 83.4 Å². The second-order valence-corrected chi connectivity index (χ2v) is 9.65. The molecule has 1 aromatic carbocycles. The van der Waals surface area contributed by atoms with Crippen LogP contribution >= 0.6 is 11.3 Å². The molecule has 1 saturated heterocycles. The van der Waals surface area contributed by atoms with Gasteiger partial charge in [0.2, 0.25) is 5.91 Å². The summed E-state index contributed by atoms with van der Waals surface area (Å²) in [7, 11) is 4.09. The smallest absolute Gasteiger partial charge is 0.281 e. The molecule has 1 aliphatic heterocycles. The standard InChI is InChI=1S/C24H32N6O2S/c1-4-29-19(13-9-14-28(2)3)26-22-20(23(29)32)27-24(33-22)30-15-8-12-18(30)21(31)25-16-17-10-6-5-7-11-17/h5-7,10-11,18H,4,8-9,12-16H2,1-3H3,(H,25,31)/t18-/m1/s1. The Morgan fingerprint density at radius 1 is 1.24 bits per heavy atom. The molecule has 9 heteroatoms. The number of benzene rings is 1.